The van der Waals surface area contributed by atoms with E-state index in [0.29, 0.717) is 35.1 Å². The van der Waals surface area contributed by atoms with Crippen molar-refractivity contribution in [1.29, 1.82) is 0 Å². The van der Waals surface area contributed by atoms with E-state index in [2.05, 4.69) is 0 Å². The van der Waals surface area contributed by atoms with Crippen molar-refractivity contribution in [2.45, 2.75) is 46.7 Å². The van der Waals surface area contributed by atoms with E-state index in [-0.39, 0.29) is 22.6 Å². The number of aromatic hydroxyl groups is 2. The molecule has 0 aliphatic rings. The summed E-state index contributed by atoms with van der Waals surface area (Å²) in [4.78, 5) is 26.7. The number of nitrogens with zero attached hydrogens (tertiary/aromatic N) is 2. The van der Waals surface area contributed by atoms with Gasteiger partial charge in [0.15, 0.2) is 0 Å². The third-order valence-electron chi connectivity index (χ3n) is 5.44. The van der Waals surface area contributed by atoms with Crippen LogP contribution in [0.3, 0.4) is 0 Å². The average molecular weight is 429 g/mol. The zero-order valence-electron chi connectivity index (χ0n) is 17.4. The molecule has 0 aliphatic carbocycles. The van der Waals surface area contributed by atoms with Crippen molar-refractivity contribution in [3.8, 4) is 11.5 Å². The molecule has 3 aromatic rings. The minimum atomic E-state index is -0.986. The first kappa shape index (κ1) is 21.7. The maximum atomic E-state index is 13.3. The van der Waals surface area contributed by atoms with Gasteiger partial charge in [0.05, 0.1) is 17.0 Å². The number of benzene rings is 1. The van der Waals surface area contributed by atoms with Gasteiger partial charge in [0.2, 0.25) is 0 Å². The number of aromatic nitrogens is 2. The molecule has 2 N–H and O–H groups in total. The van der Waals surface area contributed by atoms with Crippen LogP contribution in [0.5, 0.6) is 11.5 Å². The van der Waals surface area contributed by atoms with Gasteiger partial charge in [-0.15, -0.1) is 0 Å². The van der Waals surface area contributed by atoms with Crippen molar-refractivity contribution in [2.24, 2.45) is 0 Å². The van der Waals surface area contributed by atoms with E-state index < -0.39 is 17.0 Å². The second-order valence-electron chi connectivity index (χ2n) is 7.26. The van der Waals surface area contributed by atoms with Crippen LogP contribution in [0.4, 0.5) is 0 Å². The summed E-state index contributed by atoms with van der Waals surface area (Å²) in [7, 11) is 0. The molecule has 0 spiro atoms. The molecule has 0 saturated heterocycles. The second-order valence-corrected chi connectivity index (χ2v) is 7.69. The van der Waals surface area contributed by atoms with Crippen LogP contribution in [0, 0.1) is 13.8 Å². The van der Waals surface area contributed by atoms with Gasteiger partial charge in [-0.1, -0.05) is 23.7 Å². The zero-order chi connectivity index (χ0) is 22.2. The van der Waals surface area contributed by atoms with Gasteiger partial charge >= 0.3 is 0 Å². The van der Waals surface area contributed by atoms with Gasteiger partial charge in [-0.3, -0.25) is 9.59 Å². The fraction of sp³-hybridized carbons (Fsp3) is 0.304. The number of aryl methyl sites for hydroxylation is 2. The van der Waals surface area contributed by atoms with Crippen molar-refractivity contribution < 1.29 is 10.2 Å². The molecule has 2 aromatic heterocycles. The minimum Gasteiger partial charge on any atom is -0.507 e. The van der Waals surface area contributed by atoms with Crippen LogP contribution in [0.25, 0.3) is 0 Å². The lowest BCUT2D eigenvalue weighted by Gasteiger charge is -2.23. The van der Waals surface area contributed by atoms with Gasteiger partial charge in [-0.2, -0.15) is 0 Å². The van der Waals surface area contributed by atoms with E-state index in [1.54, 1.807) is 38.1 Å². The van der Waals surface area contributed by atoms with Gasteiger partial charge in [0.1, 0.15) is 11.5 Å². The van der Waals surface area contributed by atoms with Crippen LogP contribution >= 0.6 is 11.6 Å². The first-order valence-corrected chi connectivity index (χ1v) is 10.2. The Labute approximate surface area is 179 Å². The highest BCUT2D eigenvalue weighted by molar-refractivity contribution is 6.30. The molecule has 1 aromatic carbocycles. The molecule has 158 valence electrons. The summed E-state index contributed by atoms with van der Waals surface area (Å²) < 4.78 is 3.05. The number of rotatable bonds is 5. The molecule has 0 unspecified atom stereocenters. The van der Waals surface area contributed by atoms with Crippen molar-refractivity contribution in [2.75, 3.05) is 0 Å². The van der Waals surface area contributed by atoms with Gasteiger partial charge in [0, 0.05) is 29.5 Å². The molecule has 7 heteroatoms. The Kier molecular flexibility index (Phi) is 6.08. The van der Waals surface area contributed by atoms with Gasteiger partial charge < -0.3 is 19.3 Å². The lowest BCUT2D eigenvalue weighted by molar-refractivity contribution is 0.449. The summed E-state index contributed by atoms with van der Waals surface area (Å²) >= 11 is 6.20. The molecular formula is C23H25ClN2O4. The quantitative estimate of drug-likeness (QED) is 0.645. The maximum Gasteiger partial charge on any atom is 0.258 e. The van der Waals surface area contributed by atoms with Gasteiger partial charge in [-0.05, 0) is 57.5 Å². The predicted octanol–water partition coefficient (Wildman–Crippen LogP) is 3.91. The molecule has 0 aliphatic heterocycles. The summed E-state index contributed by atoms with van der Waals surface area (Å²) in [5.74, 6) is -1.44. The lowest BCUT2D eigenvalue weighted by atomic mass is 9.85. The van der Waals surface area contributed by atoms with E-state index in [4.69, 9.17) is 11.6 Å². The molecule has 2 heterocycles. The molecule has 3 rings (SSSR count). The fourth-order valence-electron chi connectivity index (χ4n) is 4.03. The third kappa shape index (κ3) is 3.63. The summed E-state index contributed by atoms with van der Waals surface area (Å²) in [6.07, 6.45) is 0. The number of halogens is 1. The molecule has 6 nitrogen and oxygen atoms in total. The predicted molar refractivity (Wildman–Crippen MR) is 118 cm³/mol. The lowest BCUT2D eigenvalue weighted by Crippen LogP contribution is -2.32. The Morgan fingerprint density at radius 1 is 0.867 bits per heavy atom. The maximum absolute atomic E-state index is 13.3. The van der Waals surface area contributed by atoms with Gasteiger partial charge in [0.25, 0.3) is 11.1 Å². The number of hydrogen-bond donors (Lipinski definition) is 2. The SMILES string of the molecule is CCn1c(C)cc(O)c(C(c2cccc(Cl)c2)c2c(O)cc(C)n(CC)c2=O)c1=O. The summed E-state index contributed by atoms with van der Waals surface area (Å²) in [5, 5.41) is 22.0. The van der Waals surface area contributed by atoms with E-state index in [9.17, 15) is 19.8 Å². The van der Waals surface area contributed by atoms with E-state index in [1.165, 1.54) is 21.3 Å². The van der Waals surface area contributed by atoms with Crippen LogP contribution in [0.15, 0.2) is 46.0 Å². The normalized spacial score (nSPS) is 11.3. The Morgan fingerprint density at radius 2 is 1.33 bits per heavy atom. The van der Waals surface area contributed by atoms with Crippen molar-refractivity contribution in [1.82, 2.24) is 9.13 Å². The van der Waals surface area contributed by atoms with Crippen molar-refractivity contribution in [3.63, 3.8) is 0 Å². The van der Waals surface area contributed by atoms with Gasteiger partial charge in [-0.25, -0.2) is 0 Å². The molecule has 0 amide bonds. The van der Waals surface area contributed by atoms with Crippen LogP contribution in [-0.2, 0) is 13.1 Å². The summed E-state index contributed by atoms with van der Waals surface area (Å²) in [6, 6.07) is 9.75. The highest BCUT2D eigenvalue weighted by Crippen LogP contribution is 2.38. The molecule has 0 saturated carbocycles. The highest BCUT2D eigenvalue weighted by Gasteiger charge is 2.30. The number of hydrogen-bond acceptors (Lipinski definition) is 4. The van der Waals surface area contributed by atoms with Crippen LogP contribution in [0.1, 0.15) is 47.8 Å². The first-order valence-electron chi connectivity index (χ1n) is 9.83. The molecule has 0 fully saturated rings. The highest BCUT2D eigenvalue weighted by atomic mass is 35.5. The standard InChI is InChI=1S/C23H25ClN2O4/c1-5-25-13(3)10-17(27)20(22(25)29)19(15-8-7-9-16(24)12-15)21-18(28)11-14(4)26(6-2)23(21)30/h7-12,19,27-28H,5-6H2,1-4H3. The first-order chi connectivity index (χ1) is 14.2. The van der Waals surface area contributed by atoms with E-state index in [0.717, 1.165) is 0 Å². The van der Waals surface area contributed by atoms with Crippen LogP contribution < -0.4 is 11.1 Å². The smallest absolute Gasteiger partial charge is 0.258 e. The largest absolute Gasteiger partial charge is 0.507 e. The van der Waals surface area contributed by atoms with Crippen molar-refractivity contribution >= 4 is 11.6 Å². The monoisotopic (exact) mass is 428 g/mol. The summed E-state index contributed by atoms with van der Waals surface area (Å²) in [5.41, 5.74) is 0.970. The fourth-order valence-corrected chi connectivity index (χ4v) is 4.23. The Hall–Kier alpha value is -2.99. The molecule has 30 heavy (non-hydrogen) atoms. The zero-order valence-corrected chi connectivity index (χ0v) is 18.2. The summed E-state index contributed by atoms with van der Waals surface area (Å²) in [6.45, 7) is 7.93. The Morgan fingerprint density at radius 3 is 1.73 bits per heavy atom. The van der Waals surface area contributed by atoms with Crippen LogP contribution in [-0.4, -0.2) is 19.3 Å². The minimum absolute atomic E-state index is 0.0311. The third-order valence-corrected chi connectivity index (χ3v) is 5.67. The van der Waals surface area contributed by atoms with Crippen molar-refractivity contribution in [3.05, 3.63) is 90.2 Å². The van der Waals surface area contributed by atoms with E-state index >= 15 is 0 Å². The second kappa shape index (κ2) is 8.40. The molecular weight excluding hydrogens is 404 g/mol. The molecule has 0 bridgehead atoms. The Bertz CT molecular complexity index is 1150. The average Bonchev–Trinajstić information content (AvgIpc) is 2.66. The van der Waals surface area contributed by atoms with E-state index in [1.807, 2.05) is 13.8 Å². The topological polar surface area (TPSA) is 84.5 Å². The Balaban J connectivity index is 2.49. The van der Waals surface area contributed by atoms with Crippen LogP contribution in [0.2, 0.25) is 5.02 Å². The number of pyridine rings is 2. The molecule has 0 atom stereocenters. The molecule has 0 radical (unpaired) electrons.